The summed E-state index contributed by atoms with van der Waals surface area (Å²) in [6.07, 6.45) is -1.17. The molecule has 4 rings (SSSR count). The number of rotatable bonds is 3. The normalized spacial score (nSPS) is 16.5. The second-order valence-corrected chi connectivity index (χ2v) is 7.06. The maximum Gasteiger partial charge on any atom is 0.416 e. The molecule has 1 atom stereocenters. The lowest BCUT2D eigenvalue weighted by atomic mass is 10.0. The average Bonchev–Trinajstić information content (AvgIpc) is 2.94. The molecule has 27 heavy (non-hydrogen) atoms. The van der Waals surface area contributed by atoms with E-state index in [0.717, 1.165) is 35.8 Å². The van der Waals surface area contributed by atoms with Gasteiger partial charge in [-0.25, -0.2) is 0 Å². The van der Waals surface area contributed by atoms with E-state index in [9.17, 15) is 18.3 Å². The highest BCUT2D eigenvalue weighted by Gasteiger charge is 2.32. The monoisotopic (exact) mass is 375 g/mol. The van der Waals surface area contributed by atoms with Gasteiger partial charge < -0.3 is 14.6 Å². The molecule has 0 saturated heterocycles. The molecule has 0 spiro atoms. The van der Waals surface area contributed by atoms with E-state index in [0.29, 0.717) is 17.5 Å². The Bertz CT molecular complexity index is 966. The van der Waals surface area contributed by atoms with Crippen LogP contribution in [0.3, 0.4) is 0 Å². The van der Waals surface area contributed by atoms with Crippen LogP contribution < -0.4 is 0 Å². The molecule has 1 unspecified atom stereocenters. The van der Waals surface area contributed by atoms with Gasteiger partial charge in [-0.2, -0.15) is 13.2 Å². The van der Waals surface area contributed by atoms with Crippen LogP contribution in [-0.2, 0) is 25.7 Å². The fraction of sp³-hybridized carbons (Fsp3) is 0.350. The van der Waals surface area contributed by atoms with Crippen LogP contribution in [-0.4, -0.2) is 33.1 Å². The number of hydrogen-bond donors (Lipinski definition) is 1. The van der Waals surface area contributed by atoms with Gasteiger partial charge in [-0.05, 0) is 36.9 Å². The molecule has 2 aromatic heterocycles. The molecule has 0 saturated carbocycles. The molecule has 0 radical (unpaired) electrons. The van der Waals surface area contributed by atoms with Gasteiger partial charge in [0, 0.05) is 54.1 Å². The fourth-order valence-electron chi connectivity index (χ4n) is 3.82. The summed E-state index contributed by atoms with van der Waals surface area (Å²) in [5.74, 6) is 0. The molecule has 1 N–H and O–H groups in total. The number of aromatic nitrogens is 2. The molecule has 3 aromatic rings. The minimum Gasteiger partial charge on any atom is -0.386 e. The molecule has 142 valence electrons. The van der Waals surface area contributed by atoms with E-state index in [2.05, 4.69) is 9.88 Å². The summed E-state index contributed by atoms with van der Waals surface area (Å²) >= 11 is 0. The van der Waals surface area contributed by atoms with Crippen LogP contribution in [0.5, 0.6) is 0 Å². The number of pyridine rings is 1. The van der Waals surface area contributed by atoms with Crippen LogP contribution in [0.1, 0.15) is 28.5 Å². The van der Waals surface area contributed by atoms with Crippen LogP contribution in [0.15, 0.2) is 42.7 Å². The SMILES string of the molecule is CN1CCc2c(c3cc(C(F)(F)F)ccc3n2CC(O)c2cccnc2)C1. The zero-order valence-corrected chi connectivity index (χ0v) is 14.9. The first kappa shape index (κ1) is 18.0. The quantitative estimate of drug-likeness (QED) is 0.758. The van der Waals surface area contributed by atoms with Crippen molar-refractivity contribution in [3.05, 3.63) is 65.1 Å². The maximum atomic E-state index is 13.2. The van der Waals surface area contributed by atoms with E-state index >= 15 is 0 Å². The number of nitrogens with zero attached hydrogens (tertiary/aromatic N) is 3. The molecule has 1 aliphatic heterocycles. The maximum absolute atomic E-state index is 13.2. The van der Waals surface area contributed by atoms with Crippen LogP contribution in [0.4, 0.5) is 13.2 Å². The molecule has 0 fully saturated rings. The van der Waals surface area contributed by atoms with Gasteiger partial charge in [0.1, 0.15) is 0 Å². The van der Waals surface area contributed by atoms with Gasteiger partial charge in [-0.3, -0.25) is 4.98 Å². The molecule has 7 heteroatoms. The van der Waals surface area contributed by atoms with Gasteiger partial charge in [-0.1, -0.05) is 6.07 Å². The van der Waals surface area contributed by atoms with Crippen LogP contribution in [0.2, 0.25) is 0 Å². The van der Waals surface area contributed by atoms with Crippen molar-refractivity contribution in [1.29, 1.82) is 0 Å². The van der Waals surface area contributed by atoms with Crippen LogP contribution >= 0.6 is 0 Å². The van der Waals surface area contributed by atoms with Crippen LogP contribution in [0.25, 0.3) is 10.9 Å². The van der Waals surface area contributed by atoms with Crippen molar-refractivity contribution in [3.8, 4) is 0 Å². The van der Waals surface area contributed by atoms with Gasteiger partial charge in [-0.15, -0.1) is 0 Å². The van der Waals surface area contributed by atoms with E-state index in [1.807, 2.05) is 11.6 Å². The van der Waals surface area contributed by atoms with Gasteiger partial charge in [0.15, 0.2) is 0 Å². The number of alkyl halides is 3. The number of likely N-dealkylation sites (N-methyl/N-ethyl adjacent to an activating group) is 1. The molecular formula is C20H20F3N3O. The van der Waals surface area contributed by atoms with E-state index < -0.39 is 17.8 Å². The van der Waals surface area contributed by atoms with Gasteiger partial charge >= 0.3 is 6.18 Å². The van der Waals surface area contributed by atoms with Crippen molar-refractivity contribution in [1.82, 2.24) is 14.5 Å². The molecule has 1 aliphatic rings. The molecular weight excluding hydrogens is 355 g/mol. The molecule has 0 amide bonds. The molecule has 1 aromatic carbocycles. The van der Waals surface area contributed by atoms with Crippen molar-refractivity contribution in [2.75, 3.05) is 13.6 Å². The van der Waals surface area contributed by atoms with E-state index in [1.165, 1.54) is 12.1 Å². The Morgan fingerprint density at radius 1 is 1.26 bits per heavy atom. The predicted octanol–water partition coefficient (Wildman–Crippen LogP) is 3.78. The fourth-order valence-corrected chi connectivity index (χ4v) is 3.82. The Balaban J connectivity index is 1.82. The van der Waals surface area contributed by atoms with E-state index in [1.54, 1.807) is 24.5 Å². The lowest BCUT2D eigenvalue weighted by molar-refractivity contribution is -0.137. The summed E-state index contributed by atoms with van der Waals surface area (Å²) in [6.45, 7) is 1.72. The van der Waals surface area contributed by atoms with Crippen LogP contribution in [0, 0.1) is 0 Å². The van der Waals surface area contributed by atoms with Crippen molar-refractivity contribution in [3.63, 3.8) is 0 Å². The van der Waals surface area contributed by atoms with Gasteiger partial charge in [0.2, 0.25) is 0 Å². The third kappa shape index (κ3) is 3.33. The summed E-state index contributed by atoms with van der Waals surface area (Å²) in [5.41, 5.74) is 2.70. The summed E-state index contributed by atoms with van der Waals surface area (Å²) in [4.78, 5) is 6.13. The summed E-state index contributed by atoms with van der Waals surface area (Å²) < 4.78 is 41.6. The van der Waals surface area contributed by atoms with E-state index in [4.69, 9.17) is 0 Å². The van der Waals surface area contributed by atoms with Gasteiger partial charge in [0.25, 0.3) is 0 Å². The highest BCUT2D eigenvalue weighted by atomic mass is 19.4. The van der Waals surface area contributed by atoms with Crippen molar-refractivity contribution in [2.45, 2.75) is 31.8 Å². The van der Waals surface area contributed by atoms with E-state index in [-0.39, 0.29) is 6.54 Å². The Morgan fingerprint density at radius 3 is 2.78 bits per heavy atom. The number of halogens is 3. The third-order valence-electron chi connectivity index (χ3n) is 5.20. The average molecular weight is 375 g/mol. The molecule has 0 bridgehead atoms. The molecule has 4 nitrogen and oxygen atoms in total. The Labute approximate surface area is 154 Å². The largest absolute Gasteiger partial charge is 0.416 e. The topological polar surface area (TPSA) is 41.3 Å². The van der Waals surface area contributed by atoms with Crippen molar-refractivity contribution >= 4 is 10.9 Å². The lowest BCUT2D eigenvalue weighted by Crippen LogP contribution is -2.27. The highest BCUT2D eigenvalue weighted by Crippen LogP contribution is 2.37. The second kappa shape index (κ2) is 6.65. The highest BCUT2D eigenvalue weighted by molar-refractivity contribution is 5.86. The predicted molar refractivity (Wildman–Crippen MR) is 96.2 cm³/mol. The zero-order valence-electron chi connectivity index (χ0n) is 14.9. The summed E-state index contributed by atoms with van der Waals surface area (Å²) in [7, 11) is 1.96. The minimum absolute atomic E-state index is 0.284. The van der Waals surface area contributed by atoms with Gasteiger partial charge in [0.05, 0.1) is 18.2 Å². The summed E-state index contributed by atoms with van der Waals surface area (Å²) in [5, 5.41) is 11.3. The number of aliphatic hydroxyl groups is 1. The first-order valence-electron chi connectivity index (χ1n) is 8.82. The Morgan fingerprint density at radius 2 is 2.07 bits per heavy atom. The molecule has 0 aliphatic carbocycles. The zero-order chi connectivity index (χ0) is 19.2. The minimum atomic E-state index is -4.38. The lowest BCUT2D eigenvalue weighted by Gasteiger charge is -2.25. The smallest absolute Gasteiger partial charge is 0.386 e. The standard InChI is InChI=1S/C20H20F3N3O/c1-25-8-6-18-16(11-25)15-9-14(20(21,22)23)4-5-17(15)26(18)12-19(27)13-3-2-7-24-10-13/h2-5,7,9-10,19,27H,6,8,11-12H2,1H3. The first-order chi connectivity index (χ1) is 12.8. The second-order valence-electron chi connectivity index (χ2n) is 7.06. The Kier molecular flexibility index (Phi) is 4.44. The Hall–Kier alpha value is -2.38. The van der Waals surface area contributed by atoms with Crippen molar-refractivity contribution in [2.24, 2.45) is 0 Å². The summed E-state index contributed by atoms with van der Waals surface area (Å²) in [6, 6.07) is 7.43. The van der Waals surface area contributed by atoms with Crippen molar-refractivity contribution < 1.29 is 18.3 Å². The number of fused-ring (bicyclic) bond motifs is 3. The number of aliphatic hydroxyl groups excluding tert-OH is 1. The number of hydrogen-bond acceptors (Lipinski definition) is 3. The molecule has 3 heterocycles. The number of benzene rings is 1. The third-order valence-corrected chi connectivity index (χ3v) is 5.20. The first-order valence-corrected chi connectivity index (χ1v) is 8.82.